The smallest absolute Gasteiger partial charge is 0.153 e. The number of carboxylic acids is 1. The summed E-state index contributed by atoms with van der Waals surface area (Å²) in [6.07, 6.45) is 2.23. The van der Waals surface area contributed by atoms with E-state index in [1.54, 1.807) is 0 Å². The molecule has 1 aromatic rings. The second-order valence-electron chi connectivity index (χ2n) is 4.03. The van der Waals surface area contributed by atoms with Gasteiger partial charge in [-0.2, -0.15) is 0 Å². The molecule has 2 rings (SSSR count). The van der Waals surface area contributed by atoms with E-state index >= 15 is 0 Å². The molecule has 1 fully saturated rings. The van der Waals surface area contributed by atoms with Gasteiger partial charge in [-0.1, -0.05) is 30.3 Å². The molecule has 80 valence electrons. The highest BCUT2D eigenvalue weighted by Gasteiger charge is 2.27. The Balaban J connectivity index is 2.23. The molecule has 0 unspecified atom stereocenters. The lowest BCUT2D eigenvalue weighted by atomic mass is 10.1. The number of benzene rings is 1. The first-order chi connectivity index (χ1) is 7.29. The van der Waals surface area contributed by atoms with E-state index in [1.165, 1.54) is 0 Å². The third-order valence-corrected chi connectivity index (χ3v) is 3.02. The molecule has 0 radical (unpaired) electrons. The minimum absolute atomic E-state index is 0.492. The van der Waals surface area contributed by atoms with Gasteiger partial charge >= 0.3 is 0 Å². The van der Waals surface area contributed by atoms with Gasteiger partial charge in [0.1, 0.15) is 5.97 Å². The molecule has 1 aromatic carbocycles. The average Bonchev–Trinajstić information content (AvgIpc) is 2.72. The summed E-state index contributed by atoms with van der Waals surface area (Å²) in [4.78, 5) is 12.3. The minimum atomic E-state index is -0.960. The number of aliphatic carboxylic acids is 1. The second kappa shape index (κ2) is 4.45. The van der Waals surface area contributed by atoms with Gasteiger partial charge in [-0.3, -0.25) is 0 Å². The van der Waals surface area contributed by atoms with Gasteiger partial charge in [0, 0.05) is 18.4 Å². The van der Waals surface area contributed by atoms with Crippen LogP contribution < -0.4 is 10.0 Å². The fourth-order valence-electron chi connectivity index (χ4n) is 2.30. The van der Waals surface area contributed by atoms with Crippen molar-refractivity contribution in [1.82, 2.24) is 0 Å². The molecule has 3 heteroatoms. The van der Waals surface area contributed by atoms with Crippen LogP contribution in [0.25, 0.3) is 0 Å². The molecule has 1 saturated heterocycles. The number of carbonyl (C=O) groups excluding carboxylic acids is 1. The zero-order valence-electron chi connectivity index (χ0n) is 8.61. The lowest BCUT2D eigenvalue weighted by molar-refractivity contribution is -0.912. The standard InChI is InChI=1S/C12H15NO2/c14-12(15)11(13-8-4-5-9-13)10-6-2-1-3-7-10/h1-3,6-7,11H,4-5,8-9H2,(H,14,15)/t11-/m0/s1. The number of hydrogen-bond donors (Lipinski definition) is 1. The summed E-state index contributed by atoms with van der Waals surface area (Å²) >= 11 is 0. The Morgan fingerprint density at radius 3 is 2.33 bits per heavy atom. The van der Waals surface area contributed by atoms with Crippen molar-refractivity contribution in [3.63, 3.8) is 0 Å². The molecule has 1 aliphatic rings. The molecule has 0 aliphatic carbocycles. The minimum Gasteiger partial charge on any atom is -0.544 e. The second-order valence-corrected chi connectivity index (χ2v) is 4.03. The Morgan fingerprint density at radius 1 is 1.20 bits per heavy atom. The summed E-state index contributed by atoms with van der Waals surface area (Å²) in [5.74, 6) is -0.960. The maximum absolute atomic E-state index is 11.2. The number of carbonyl (C=O) groups is 1. The lowest BCUT2D eigenvalue weighted by Crippen LogP contribution is -3.11. The van der Waals surface area contributed by atoms with Crippen LogP contribution in [-0.4, -0.2) is 19.1 Å². The molecule has 0 amide bonds. The molecule has 1 N–H and O–H groups in total. The Labute approximate surface area is 89.3 Å². The van der Waals surface area contributed by atoms with E-state index < -0.39 is 12.0 Å². The highest BCUT2D eigenvalue weighted by atomic mass is 16.4. The van der Waals surface area contributed by atoms with Gasteiger partial charge in [0.05, 0.1) is 13.1 Å². The lowest BCUT2D eigenvalue weighted by Gasteiger charge is -2.25. The Morgan fingerprint density at radius 2 is 1.80 bits per heavy atom. The first-order valence-electron chi connectivity index (χ1n) is 5.39. The summed E-state index contributed by atoms with van der Waals surface area (Å²) < 4.78 is 0. The van der Waals surface area contributed by atoms with Crippen LogP contribution >= 0.6 is 0 Å². The molecule has 3 nitrogen and oxygen atoms in total. The molecule has 0 saturated carbocycles. The zero-order valence-corrected chi connectivity index (χ0v) is 8.61. The Bertz CT molecular complexity index is 331. The van der Waals surface area contributed by atoms with Crippen molar-refractivity contribution < 1.29 is 14.8 Å². The average molecular weight is 205 g/mol. The summed E-state index contributed by atoms with van der Waals surface area (Å²) in [6.45, 7) is 1.88. The quantitative estimate of drug-likeness (QED) is 0.699. The van der Waals surface area contributed by atoms with E-state index in [0.717, 1.165) is 36.4 Å². The van der Waals surface area contributed by atoms with Crippen molar-refractivity contribution in [1.29, 1.82) is 0 Å². The summed E-state index contributed by atoms with van der Waals surface area (Å²) in [5.41, 5.74) is 0.856. The van der Waals surface area contributed by atoms with E-state index in [0.29, 0.717) is 0 Å². The molecule has 15 heavy (non-hydrogen) atoms. The monoisotopic (exact) mass is 205 g/mol. The fourth-order valence-corrected chi connectivity index (χ4v) is 2.30. The van der Waals surface area contributed by atoms with Crippen molar-refractivity contribution in [3.05, 3.63) is 35.9 Å². The number of carboxylic acid groups (broad SMARTS) is 1. The molecule has 1 aliphatic heterocycles. The van der Waals surface area contributed by atoms with Crippen molar-refractivity contribution in [3.8, 4) is 0 Å². The third kappa shape index (κ3) is 2.18. The molecular weight excluding hydrogens is 190 g/mol. The number of rotatable bonds is 3. The Hall–Kier alpha value is -1.35. The molecular formula is C12H15NO2. The van der Waals surface area contributed by atoms with E-state index in [1.807, 2.05) is 30.3 Å². The topological polar surface area (TPSA) is 44.6 Å². The van der Waals surface area contributed by atoms with Crippen LogP contribution in [0.15, 0.2) is 30.3 Å². The maximum atomic E-state index is 11.2. The third-order valence-electron chi connectivity index (χ3n) is 3.02. The fraction of sp³-hybridized carbons (Fsp3) is 0.417. The zero-order chi connectivity index (χ0) is 10.7. The molecule has 0 spiro atoms. The van der Waals surface area contributed by atoms with Crippen molar-refractivity contribution >= 4 is 5.97 Å². The predicted molar refractivity (Wildman–Crippen MR) is 54.1 cm³/mol. The van der Waals surface area contributed by atoms with Gasteiger partial charge in [-0.15, -0.1) is 0 Å². The molecule has 0 aromatic heterocycles. The van der Waals surface area contributed by atoms with Crippen molar-refractivity contribution in [2.45, 2.75) is 18.9 Å². The van der Waals surface area contributed by atoms with Crippen LogP contribution in [0.2, 0.25) is 0 Å². The van der Waals surface area contributed by atoms with Crippen LogP contribution in [0.5, 0.6) is 0 Å². The summed E-state index contributed by atoms with van der Waals surface area (Å²) in [6, 6.07) is 8.89. The summed E-state index contributed by atoms with van der Waals surface area (Å²) in [5, 5.41) is 11.2. The van der Waals surface area contributed by atoms with Gasteiger partial charge in [-0.05, 0) is 0 Å². The van der Waals surface area contributed by atoms with Crippen LogP contribution in [0, 0.1) is 0 Å². The predicted octanol–water partition coefficient (Wildman–Crippen LogP) is -0.844. The van der Waals surface area contributed by atoms with Crippen LogP contribution in [-0.2, 0) is 4.79 Å². The van der Waals surface area contributed by atoms with Gasteiger partial charge in [-0.25, -0.2) is 0 Å². The number of hydrogen-bond acceptors (Lipinski definition) is 2. The van der Waals surface area contributed by atoms with Gasteiger partial charge in [0.25, 0.3) is 0 Å². The highest BCUT2D eigenvalue weighted by molar-refractivity contribution is 5.71. The van der Waals surface area contributed by atoms with Gasteiger partial charge in [0.15, 0.2) is 6.04 Å². The van der Waals surface area contributed by atoms with E-state index in [9.17, 15) is 9.90 Å². The maximum Gasteiger partial charge on any atom is 0.153 e. The largest absolute Gasteiger partial charge is 0.544 e. The van der Waals surface area contributed by atoms with Crippen molar-refractivity contribution in [2.75, 3.05) is 13.1 Å². The first-order valence-corrected chi connectivity index (χ1v) is 5.39. The van der Waals surface area contributed by atoms with Crippen LogP contribution in [0.3, 0.4) is 0 Å². The van der Waals surface area contributed by atoms with E-state index in [-0.39, 0.29) is 0 Å². The number of likely N-dealkylation sites (tertiary alicyclic amines) is 1. The normalized spacial score (nSPS) is 18.9. The first kappa shape index (κ1) is 10.2. The van der Waals surface area contributed by atoms with Crippen molar-refractivity contribution in [2.24, 2.45) is 0 Å². The highest BCUT2D eigenvalue weighted by Crippen LogP contribution is 2.09. The summed E-state index contributed by atoms with van der Waals surface area (Å²) in [7, 11) is 0. The number of quaternary nitrogens is 1. The number of nitrogens with one attached hydrogen (secondary N) is 1. The van der Waals surface area contributed by atoms with E-state index in [4.69, 9.17) is 0 Å². The molecule has 0 bridgehead atoms. The van der Waals surface area contributed by atoms with Gasteiger partial charge < -0.3 is 14.8 Å². The van der Waals surface area contributed by atoms with Gasteiger partial charge in [0.2, 0.25) is 0 Å². The van der Waals surface area contributed by atoms with Crippen LogP contribution in [0.1, 0.15) is 24.4 Å². The Kier molecular flexibility index (Phi) is 3.02. The SMILES string of the molecule is O=C([O-])[C@H](c1ccccc1)[NH+]1CCCC1. The van der Waals surface area contributed by atoms with Crippen LogP contribution in [0.4, 0.5) is 0 Å². The molecule has 1 heterocycles. The molecule has 1 atom stereocenters. The van der Waals surface area contributed by atoms with E-state index in [2.05, 4.69) is 0 Å².